The van der Waals surface area contributed by atoms with Crippen molar-refractivity contribution in [3.05, 3.63) is 47.9 Å². The van der Waals surface area contributed by atoms with Crippen LogP contribution in [-0.4, -0.2) is 38.4 Å². The molecule has 6 nitrogen and oxygen atoms in total. The van der Waals surface area contributed by atoms with Gasteiger partial charge in [-0.25, -0.2) is 9.18 Å². The summed E-state index contributed by atoms with van der Waals surface area (Å²) in [4.78, 5) is 15.5. The number of cyclic esters (lactones) is 1. The largest absolute Gasteiger partial charge is 0.442 e. The molecule has 1 aromatic carbocycles. The van der Waals surface area contributed by atoms with Crippen LogP contribution in [0.2, 0.25) is 0 Å². The van der Waals surface area contributed by atoms with E-state index < -0.39 is 6.09 Å². The molecule has 0 aromatic heterocycles. The van der Waals surface area contributed by atoms with E-state index in [1.165, 1.54) is 11.0 Å². The fourth-order valence-corrected chi connectivity index (χ4v) is 3.35. The Kier molecular flexibility index (Phi) is 5.97. The van der Waals surface area contributed by atoms with Crippen molar-refractivity contribution in [3.63, 3.8) is 0 Å². The maximum absolute atomic E-state index is 14.7. The molecule has 2 aliphatic heterocycles. The van der Waals surface area contributed by atoms with E-state index in [9.17, 15) is 9.18 Å². The molecule has 2 fully saturated rings. The lowest BCUT2D eigenvalue weighted by Crippen LogP contribution is -2.31. The van der Waals surface area contributed by atoms with Gasteiger partial charge in [0.15, 0.2) is 0 Å². The van der Waals surface area contributed by atoms with Crippen LogP contribution in [0.5, 0.6) is 0 Å². The van der Waals surface area contributed by atoms with Crippen molar-refractivity contribution in [2.45, 2.75) is 25.9 Å². The number of amides is 1. The van der Waals surface area contributed by atoms with E-state index in [4.69, 9.17) is 10.00 Å². The fraction of sp³-hybridized carbons (Fsp3) is 0.400. The molecule has 3 rings (SSSR count). The molecule has 1 N–H and O–H groups in total. The molecule has 0 radical (unpaired) electrons. The summed E-state index contributed by atoms with van der Waals surface area (Å²) in [5.74, 6) is -0.358. The molecule has 2 saturated heterocycles. The van der Waals surface area contributed by atoms with Crippen molar-refractivity contribution in [2.75, 3.05) is 36.0 Å². The number of carbonyl (C=O) groups excluding carboxylic acids is 1. The number of nitrogens with one attached hydrogen (secondary N) is 1. The third-order valence-electron chi connectivity index (χ3n) is 4.76. The second-order valence-corrected chi connectivity index (χ2v) is 6.58. The summed E-state index contributed by atoms with van der Waals surface area (Å²) in [6.07, 6.45) is 6.02. The molecule has 0 spiro atoms. The molecule has 142 valence electrons. The van der Waals surface area contributed by atoms with Gasteiger partial charge in [-0.05, 0) is 44.2 Å². The fourth-order valence-electron chi connectivity index (χ4n) is 3.35. The number of benzene rings is 1. The van der Waals surface area contributed by atoms with Crippen LogP contribution in [0.1, 0.15) is 19.8 Å². The topological polar surface area (TPSA) is 68.6 Å². The zero-order valence-electron chi connectivity index (χ0n) is 15.3. The summed E-state index contributed by atoms with van der Waals surface area (Å²) < 4.78 is 20.0. The van der Waals surface area contributed by atoms with Gasteiger partial charge < -0.3 is 15.0 Å². The molecular weight excluding hydrogens is 347 g/mol. The number of hydrogen-bond acceptors (Lipinski definition) is 5. The number of hydrogen-bond donors (Lipinski definition) is 1. The number of nitriles is 1. The molecule has 1 amide bonds. The lowest BCUT2D eigenvalue weighted by molar-refractivity contribution is 0.142. The van der Waals surface area contributed by atoms with Crippen LogP contribution in [0.3, 0.4) is 0 Å². The van der Waals surface area contributed by atoms with Gasteiger partial charge in [0.1, 0.15) is 11.9 Å². The van der Waals surface area contributed by atoms with Crippen molar-refractivity contribution < 1.29 is 13.9 Å². The van der Waals surface area contributed by atoms with E-state index in [-0.39, 0.29) is 11.9 Å². The highest BCUT2D eigenvalue weighted by Crippen LogP contribution is 2.30. The normalized spacial score (nSPS) is 20.0. The molecule has 1 unspecified atom stereocenters. The molecule has 0 bridgehead atoms. The third kappa shape index (κ3) is 4.40. The van der Waals surface area contributed by atoms with Crippen LogP contribution in [0, 0.1) is 17.1 Å². The van der Waals surface area contributed by atoms with Crippen molar-refractivity contribution in [1.29, 1.82) is 5.26 Å². The first kappa shape index (κ1) is 18.8. The minimum atomic E-state index is -0.460. The molecule has 0 saturated carbocycles. The van der Waals surface area contributed by atoms with Gasteiger partial charge in [-0.3, -0.25) is 4.90 Å². The van der Waals surface area contributed by atoms with Gasteiger partial charge in [0.05, 0.1) is 30.5 Å². The SMILES string of the molecule is CC=CNCC1CN(c2ccc(N3CCC(=CC#N)CC3)c(F)c2)C(=O)O1. The highest BCUT2D eigenvalue weighted by Gasteiger charge is 2.32. The quantitative estimate of drug-likeness (QED) is 0.806. The van der Waals surface area contributed by atoms with Crippen LogP contribution >= 0.6 is 0 Å². The number of halogens is 1. The highest BCUT2D eigenvalue weighted by atomic mass is 19.1. The number of allylic oxidation sites excluding steroid dienone is 2. The maximum Gasteiger partial charge on any atom is 0.414 e. The molecule has 1 atom stereocenters. The van der Waals surface area contributed by atoms with E-state index >= 15 is 0 Å². The van der Waals surface area contributed by atoms with E-state index in [0.717, 1.165) is 18.4 Å². The molecule has 1 aromatic rings. The van der Waals surface area contributed by atoms with Gasteiger partial charge in [0.25, 0.3) is 0 Å². The summed E-state index contributed by atoms with van der Waals surface area (Å²) in [6.45, 7) is 4.14. The lowest BCUT2D eigenvalue weighted by atomic mass is 10.0. The predicted octanol–water partition coefficient (Wildman–Crippen LogP) is 3.32. The Morgan fingerprint density at radius 2 is 2.19 bits per heavy atom. The van der Waals surface area contributed by atoms with E-state index in [1.54, 1.807) is 24.4 Å². The summed E-state index contributed by atoms with van der Waals surface area (Å²) >= 11 is 0. The molecule has 2 heterocycles. The van der Waals surface area contributed by atoms with Crippen LogP contribution in [0.15, 0.2) is 42.1 Å². The zero-order chi connectivity index (χ0) is 19.2. The molecule has 7 heteroatoms. The number of carbonyl (C=O) groups is 1. The Morgan fingerprint density at radius 3 is 2.85 bits per heavy atom. The average Bonchev–Trinajstić information content (AvgIpc) is 3.03. The van der Waals surface area contributed by atoms with Gasteiger partial charge in [-0.2, -0.15) is 5.26 Å². The standard InChI is InChI=1S/C20H23FN4O2/c1-2-9-23-13-17-14-25(20(26)27-17)16-3-4-19(18(21)12-16)24-10-6-15(5-8-22)7-11-24/h2-5,9,12,17,23H,6-7,10-11,13-14H2,1H3. The summed E-state index contributed by atoms with van der Waals surface area (Å²) in [5, 5.41) is 11.8. The minimum absolute atomic E-state index is 0.274. The first-order valence-corrected chi connectivity index (χ1v) is 9.07. The monoisotopic (exact) mass is 370 g/mol. The van der Waals surface area contributed by atoms with E-state index in [0.29, 0.717) is 37.6 Å². The van der Waals surface area contributed by atoms with E-state index in [2.05, 4.69) is 11.4 Å². The highest BCUT2D eigenvalue weighted by molar-refractivity contribution is 5.90. The van der Waals surface area contributed by atoms with Gasteiger partial charge >= 0.3 is 6.09 Å². The number of anilines is 2. The second kappa shape index (κ2) is 8.58. The summed E-state index contributed by atoms with van der Waals surface area (Å²) in [6, 6.07) is 6.90. The van der Waals surface area contributed by atoms with Crippen LogP contribution in [0.25, 0.3) is 0 Å². The Balaban J connectivity index is 1.66. The molecule has 2 aliphatic rings. The van der Waals surface area contributed by atoms with Crippen molar-refractivity contribution in [1.82, 2.24) is 5.32 Å². The lowest BCUT2D eigenvalue weighted by Gasteiger charge is -2.30. The first-order valence-electron chi connectivity index (χ1n) is 9.07. The van der Waals surface area contributed by atoms with Gasteiger partial charge in [-0.1, -0.05) is 11.6 Å². The van der Waals surface area contributed by atoms with Gasteiger partial charge in [-0.15, -0.1) is 0 Å². The van der Waals surface area contributed by atoms with Crippen molar-refractivity contribution in [2.24, 2.45) is 0 Å². The predicted molar refractivity (Wildman–Crippen MR) is 102 cm³/mol. The van der Waals surface area contributed by atoms with Gasteiger partial charge in [0, 0.05) is 19.2 Å². The Bertz CT molecular complexity index is 790. The molecule has 27 heavy (non-hydrogen) atoms. The third-order valence-corrected chi connectivity index (χ3v) is 4.76. The zero-order valence-corrected chi connectivity index (χ0v) is 15.3. The Labute approximate surface area is 158 Å². The Hall–Kier alpha value is -3.01. The van der Waals surface area contributed by atoms with Crippen LogP contribution in [-0.2, 0) is 4.74 Å². The van der Waals surface area contributed by atoms with Crippen molar-refractivity contribution in [3.8, 4) is 6.07 Å². The van der Waals surface area contributed by atoms with Crippen LogP contribution < -0.4 is 15.1 Å². The maximum atomic E-state index is 14.7. The number of nitrogens with zero attached hydrogens (tertiary/aromatic N) is 3. The number of piperidine rings is 1. The molecule has 0 aliphatic carbocycles. The minimum Gasteiger partial charge on any atom is -0.442 e. The molecular formula is C20H23FN4O2. The number of ether oxygens (including phenoxy) is 1. The second-order valence-electron chi connectivity index (χ2n) is 6.58. The summed E-state index contributed by atoms with van der Waals surface area (Å²) in [7, 11) is 0. The first-order chi connectivity index (χ1) is 13.1. The van der Waals surface area contributed by atoms with E-state index in [1.807, 2.05) is 17.9 Å². The van der Waals surface area contributed by atoms with Gasteiger partial charge in [0.2, 0.25) is 0 Å². The Morgan fingerprint density at radius 1 is 1.41 bits per heavy atom. The average molecular weight is 370 g/mol. The number of rotatable bonds is 5. The van der Waals surface area contributed by atoms with Crippen LogP contribution in [0.4, 0.5) is 20.6 Å². The van der Waals surface area contributed by atoms with Crippen molar-refractivity contribution >= 4 is 17.5 Å². The summed E-state index contributed by atoms with van der Waals surface area (Å²) in [5.41, 5.74) is 2.12. The smallest absolute Gasteiger partial charge is 0.414 e.